The zero-order valence-electron chi connectivity index (χ0n) is 14.2. The number of aromatic nitrogens is 3. The largest absolute Gasteiger partial charge is 0.317 e. The van der Waals surface area contributed by atoms with Gasteiger partial charge >= 0.3 is 0 Å². The predicted octanol–water partition coefficient (Wildman–Crippen LogP) is 5.01. The van der Waals surface area contributed by atoms with Gasteiger partial charge in [0.1, 0.15) is 9.84 Å². The third kappa shape index (κ3) is 3.03. The van der Waals surface area contributed by atoms with Crippen LogP contribution in [0, 0.1) is 12.7 Å². The molecule has 0 bridgehead atoms. The molecule has 0 spiro atoms. The molecule has 5 heterocycles. The molecule has 0 unspecified atom stereocenters. The van der Waals surface area contributed by atoms with E-state index in [4.69, 9.17) is 4.98 Å². The van der Waals surface area contributed by atoms with E-state index >= 15 is 0 Å². The maximum atomic E-state index is 14.3. The van der Waals surface area contributed by atoms with E-state index in [1.54, 1.807) is 27.1 Å². The third-order valence-corrected chi connectivity index (χ3v) is 7.10. The van der Waals surface area contributed by atoms with Crippen molar-refractivity contribution in [2.24, 2.45) is 0 Å². The fourth-order valence-corrected chi connectivity index (χ4v) is 5.85. The molecule has 1 aliphatic heterocycles. The van der Waals surface area contributed by atoms with Crippen molar-refractivity contribution in [3.05, 3.63) is 40.9 Å². The molecule has 0 aliphatic carbocycles. The van der Waals surface area contributed by atoms with Crippen molar-refractivity contribution in [3.8, 4) is 10.6 Å². The number of pyridine rings is 1. The molecule has 5 rings (SSSR count). The Kier molecular flexibility index (Phi) is 4.73. The zero-order chi connectivity index (χ0) is 17.0. The van der Waals surface area contributed by atoms with Gasteiger partial charge in [0.05, 0.1) is 10.4 Å². The van der Waals surface area contributed by atoms with E-state index in [1.807, 2.05) is 19.3 Å². The normalized spacial score (nSPS) is 15.6. The number of hydrogen-bond acceptors (Lipinski definition) is 5. The van der Waals surface area contributed by atoms with Crippen LogP contribution in [0.4, 0.5) is 4.39 Å². The summed E-state index contributed by atoms with van der Waals surface area (Å²) in [7, 11) is 0. The molecule has 136 valence electrons. The molecule has 1 N–H and O–H groups in total. The topological polar surface area (TPSA) is 42.2 Å². The zero-order valence-corrected chi connectivity index (χ0v) is 16.6. The second kappa shape index (κ2) is 6.88. The number of thiazole rings is 1. The molecule has 1 fully saturated rings. The van der Waals surface area contributed by atoms with Crippen LogP contribution in [-0.2, 0) is 0 Å². The fourth-order valence-electron chi connectivity index (χ4n) is 3.48. The van der Waals surface area contributed by atoms with Crippen molar-refractivity contribution in [1.82, 2.24) is 19.7 Å². The Morgan fingerprint density at radius 1 is 1.15 bits per heavy atom. The number of thiophene rings is 1. The molecule has 26 heavy (non-hydrogen) atoms. The number of nitrogens with zero attached hydrogens (tertiary/aromatic N) is 3. The van der Waals surface area contributed by atoms with E-state index in [1.165, 1.54) is 28.5 Å². The lowest BCUT2D eigenvalue weighted by Gasteiger charge is -2.21. The summed E-state index contributed by atoms with van der Waals surface area (Å²) in [5.41, 5.74) is 1.98. The van der Waals surface area contributed by atoms with Gasteiger partial charge in [-0.25, -0.2) is 14.4 Å². The molecule has 0 saturated carbocycles. The summed E-state index contributed by atoms with van der Waals surface area (Å²) in [5, 5.41) is 4.28. The first-order valence-corrected chi connectivity index (χ1v) is 10.1. The van der Waals surface area contributed by atoms with Gasteiger partial charge < -0.3 is 9.72 Å². The standard InChI is InChI=1S/C18H17FN4S2.ClH/c1-10-8-23-9-12(6-13(19)16(23)21-10)17-22-18-15(25-17)7-14(24-18)11-2-4-20-5-3-11;/h6-9,11,20H,2-5H2,1H3;1H. The number of nitrogens with one attached hydrogen (secondary N) is 1. The third-order valence-electron chi connectivity index (χ3n) is 4.72. The summed E-state index contributed by atoms with van der Waals surface area (Å²) in [6, 6.07) is 3.82. The average Bonchev–Trinajstić information content (AvgIpc) is 3.27. The maximum Gasteiger partial charge on any atom is 0.173 e. The van der Waals surface area contributed by atoms with Crippen LogP contribution in [0.3, 0.4) is 0 Å². The van der Waals surface area contributed by atoms with Crippen LogP contribution < -0.4 is 5.32 Å². The lowest BCUT2D eigenvalue weighted by atomic mass is 9.97. The van der Waals surface area contributed by atoms with E-state index in [-0.39, 0.29) is 18.2 Å². The molecule has 4 aromatic rings. The molecule has 0 amide bonds. The number of aryl methyl sites for hydroxylation is 1. The summed E-state index contributed by atoms with van der Waals surface area (Å²) in [4.78, 5) is 11.5. The van der Waals surface area contributed by atoms with Crippen LogP contribution in [0.1, 0.15) is 29.3 Å². The van der Waals surface area contributed by atoms with E-state index in [9.17, 15) is 4.39 Å². The number of fused-ring (bicyclic) bond motifs is 2. The highest BCUT2D eigenvalue weighted by molar-refractivity contribution is 7.28. The molecular formula is C18H18ClFN4S2. The number of imidazole rings is 1. The van der Waals surface area contributed by atoms with Crippen molar-refractivity contribution in [1.29, 1.82) is 0 Å². The molecule has 0 radical (unpaired) electrons. The Hall–Kier alpha value is -1.54. The monoisotopic (exact) mass is 408 g/mol. The fraction of sp³-hybridized carbons (Fsp3) is 0.333. The molecule has 4 aromatic heterocycles. The first-order valence-electron chi connectivity index (χ1n) is 8.43. The van der Waals surface area contributed by atoms with Crippen molar-refractivity contribution in [2.75, 3.05) is 13.1 Å². The van der Waals surface area contributed by atoms with Crippen LogP contribution in [0.2, 0.25) is 0 Å². The van der Waals surface area contributed by atoms with Gasteiger partial charge in [-0.1, -0.05) is 0 Å². The average molecular weight is 409 g/mol. The maximum absolute atomic E-state index is 14.3. The van der Waals surface area contributed by atoms with Crippen molar-refractivity contribution in [2.45, 2.75) is 25.7 Å². The molecule has 1 aliphatic rings. The summed E-state index contributed by atoms with van der Waals surface area (Å²) >= 11 is 3.43. The summed E-state index contributed by atoms with van der Waals surface area (Å²) in [6.45, 7) is 4.06. The van der Waals surface area contributed by atoms with Crippen LogP contribution in [0.15, 0.2) is 24.5 Å². The quantitative estimate of drug-likeness (QED) is 0.507. The molecular weight excluding hydrogens is 391 g/mol. The van der Waals surface area contributed by atoms with Crippen LogP contribution in [-0.4, -0.2) is 27.5 Å². The molecule has 0 aromatic carbocycles. The minimum atomic E-state index is -0.306. The van der Waals surface area contributed by atoms with Crippen molar-refractivity contribution < 1.29 is 4.39 Å². The Morgan fingerprint density at radius 3 is 2.73 bits per heavy atom. The first-order chi connectivity index (χ1) is 12.2. The molecule has 0 atom stereocenters. The second-order valence-corrected chi connectivity index (χ2v) is 8.64. The van der Waals surface area contributed by atoms with Gasteiger partial charge in [0.15, 0.2) is 11.5 Å². The highest BCUT2D eigenvalue weighted by Crippen LogP contribution is 2.40. The first kappa shape index (κ1) is 17.9. The molecule has 1 saturated heterocycles. The van der Waals surface area contributed by atoms with Gasteiger partial charge in [-0.3, -0.25) is 0 Å². The van der Waals surface area contributed by atoms with Crippen molar-refractivity contribution >= 4 is 50.3 Å². The smallest absolute Gasteiger partial charge is 0.173 e. The van der Waals surface area contributed by atoms with Crippen molar-refractivity contribution in [3.63, 3.8) is 0 Å². The Bertz CT molecular complexity index is 1050. The highest BCUT2D eigenvalue weighted by atomic mass is 35.5. The predicted molar refractivity (Wildman–Crippen MR) is 108 cm³/mol. The SMILES string of the molecule is Cc1cn2cc(-c3nc4sc(C5CCNCC5)cc4s3)cc(F)c2n1.Cl. The van der Waals surface area contributed by atoms with E-state index < -0.39 is 0 Å². The van der Waals surface area contributed by atoms with Crippen LogP contribution in [0.25, 0.3) is 25.7 Å². The lowest BCUT2D eigenvalue weighted by molar-refractivity contribution is 0.465. The second-order valence-electron chi connectivity index (χ2n) is 6.55. The Morgan fingerprint density at radius 2 is 1.96 bits per heavy atom. The number of halogens is 2. The summed E-state index contributed by atoms with van der Waals surface area (Å²) < 4.78 is 17.3. The van der Waals surface area contributed by atoms with E-state index in [2.05, 4.69) is 16.4 Å². The lowest BCUT2D eigenvalue weighted by Crippen LogP contribution is -2.26. The van der Waals surface area contributed by atoms with Crippen LogP contribution >= 0.6 is 35.1 Å². The van der Waals surface area contributed by atoms with Gasteiger partial charge in [0.2, 0.25) is 0 Å². The number of hydrogen-bond donors (Lipinski definition) is 1. The summed E-state index contributed by atoms with van der Waals surface area (Å²) in [5.74, 6) is 0.346. The van der Waals surface area contributed by atoms with E-state index in [0.717, 1.165) is 34.2 Å². The minimum absolute atomic E-state index is 0. The highest BCUT2D eigenvalue weighted by Gasteiger charge is 2.20. The van der Waals surface area contributed by atoms with Gasteiger partial charge in [0, 0.05) is 22.8 Å². The number of piperidine rings is 1. The van der Waals surface area contributed by atoms with Gasteiger partial charge in [0.25, 0.3) is 0 Å². The summed E-state index contributed by atoms with van der Waals surface area (Å²) in [6.07, 6.45) is 6.15. The number of rotatable bonds is 2. The van der Waals surface area contributed by atoms with Crippen LogP contribution in [0.5, 0.6) is 0 Å². The molecule has 8 heteroatoms. The Balaban J connectivity index is 0.00000168. The molecule has 4 nitrogen and oxygen atoms in total. The van der Waals surface area contributed by atoms with Gasteiger partial charge in [-0.2, -0.15) is 0 Å². The van der Waals surface area contributed by atoms with E-state index in [0.29, 0.717) is 11.6 Å². The Labute approximate surface area is 164 Å². The minimum Gasteiger partial charge on any atom is -0.317 e. The van der Waals surface area contributed by atoms with Gasteiger partial charge in [-0.15, -0.1) is 35.1 Å². The van der Waals surface area contributed by atoms with Gasteiger partial charge in [-0.05, 0) is 50.9 Å².